The fourth-order valence-electron chi connectivity index (χ4n) is 2.77. The predicted molar refractivity (Wildman–Crippen MR) is 114 cm³/mol. The highest BCUT2D eigenvalue weighted by Gasteiger charge is 2.12. The number of hydrogen-bond donors (Lipinski definition) is 0. The number of aryl methyl sites for hydroxylation is 1. The molecule has 0 saturated carbocycles. The van der Waals surface area contributed by atoms with Crippen molar-refractivity contribution in [3.05, 3.63) is 46.7 Å². The molecule has 0 aliphatic carbocycles. The number of allylic oxidation sites excluding steroid dienone is 1. The maximum atomic E-state index is 12.1. The summed E-state index contributed by atoms with van der Waals surface area (Å²) in [6, 6.07) is 8.33. The molecule has 0 aromatic carbocycles. The number of unbranched alkanes of at least 4 members (excludes halogenated alkanes) is 6. The number of esters is 1. The Morgan fingerprint density at radius 2 is 1.73 bits per heavy atom. The Balaban J connectivity index is 1.79. The van der Waals surface area contributed by atoms with Gasteiger partial charge in [0.15, 0.2) is 0 Å². The predicted octanol–water partition coefficient (Wildman–Crippen LogP) is 7.50. The lowest BCUT2D eigenvalue weighted by molar-refractivity contribution is 0.0507. The van der Waals surface area contributed by atoms with Crippen molar-refractivity contribution in [2.45, 2.75) is 64.7 Å². The van der Waals surface area contributed by atoms with Crippen molar-refractivity contribution in [3.63, 3.8) is 0 Å². The highest BCUT2D eigenvalue weighted by atomic mass is 32.1. The zero-order valence-corrected chi connectivity index (χ0v) is 17.4. The molecule has 2 aromatic heterocycles. The number of carbonyl (C=O) groups excluding carboxylic acids is 1. The molecule has 0 aliphatic heterocycles. The van der Waals surface area contributed by atoms with Crippen molar-refractivity contribution < 1.29 is 9.53 Å². The van der Waals surface area contributed by atoms with Gasteiger partial charge in [-0.2, -0.15) is 0 Å². The average molecular weight is 391 g/mol. The van der Waals surface area contributed by atoms with E-state index in [2.05, 4.69) is 25.6 Å². The molecule has 0 radical (unpaired) electrons. The van der Waals surface area contributed by atoms with Gasteiger partial charge in [-0.3, -0.25) is 0 Å². The minimum Gasteiger partial charge on any atom is -0.461 e. The van der Waals surface area contributed by atoms with Gasteiger partial charge < -0.3 is 4.74 Å². The maximum absolute atomic E-state index is 12.1. The number of ether oxygens (including phenoxy) is 1. The number of carbonyl (C=O) groups is 1. The summed E-state index contributed by atoms with van der Waals surface area (Å²) < 4.78 is 5.31. The smallest absolute Gasteiger partial charge is 0.348 e. The van der Waals surface area contributed by atoms with Gasteiger partial charge in [0.2, 0.25) is 0 Å². The largest absolute Gasteiger partial charge is 0.461 e. The van der Waals surface area contributed by atoms with Gasteiger partial charge in [-0.25, -0.2) is 4.79 Å². The van der Waals surface area contributed by atoms with Crippen LogP contribution in [0.1, 0.15) is 72.8 Å². The van der Waals surface area contributed by atoms with Crippen LogP contribution in [0.5, 0.6) is 0 Å². The van der Waals surface area contributed by atoms with Gasteiger partial charge in [-0.15, -0.1) is 29.3 Å². The maximum Gasteiger partial charge on any atom is 0.348 e. The van der Waals surface area contributed by atoms with Gasteiger partial charge in [0.1, 0.15) is 4.88 Å². The zero-order chi connectivity index (χ0) is 18.6. The van der Waals surface area contributed by atoms with Gasteiger partial charge in [-0.1, -0.05) is 45.1 Å². The summed E-state index contributed by atoms with van der Waals surface area (Å²) in [7, 11) is 0. The Labute approximate surface area is 165 Å². The molecule has 2 heterocycles. The Kier molecular flexibility index (Phi) is 9.72. The summed E-state index contributed by atoms with van der Waals surface area (Å²) >= 11 is 3.38. The summed E-state index contributed by atoms with van der Waals surface area (Å²) in [4.78, 5) is 16.6. The first kappa shape index (κ1) is 20.9. The molecule has 0 unspecified atom stereocenters. The third-order valence-corrected chi connectivity index (χ3v) is 6.68. The molecule has 0 amide bonds. The number of rotatable bonds is 13. The zero-order valence-electron chi connectivity index (χ0n) is 15.8. The molecule has 0 atom stereocenters. The van der Waals surface area contributed by atoms with Gasteiger partial charge in [0, 0.05) is 14.6 Å². The van der Waals surface area contributed by atoms with Gasteiger partial charge >= 0.3 is 5.97 Å². The Hall–Kier alpha value is -1.39. The molecule has 0 saturated heterocycles. The van der Waals surface area contributed by atoms with Crippen molar-refractivity contribution in [2.24, 2.45) is 0 Å². The van der Waals surface area contributed by atoms with E-state index in [1.807, 2.05) is 29.5 Å². The van der Waals surface area contributed by atoms with E-state index in [-0.39, 0.29) is 5.97 Å². The van der Waals surface area contributed by atoms with Crippen molar-refractivity contribution >= 4 is 28.6 Å². The monoisotopic (exact) mass is 390 g/mol. The van der Waals surface area contributed by atoms with Crippen molar-refractivity contribution in [1.82, 2.24) is 0 Å². The molecule has 2 nitrogen and oxygen atoms in total. The second kappa shape index (κ2) is 12.1. The minimum atomic E-state index is -0.214. The average Bonchev–Trinajstić information content (AvgIpc) is 3.31. The Morgan fingerprint density at radius 3 is 2.54 bits per heavy atom. The third-order valence-electron chi connectivity index (χ3n) is 4.27. The van der Waals surface area contributed by atoms with Crippen LogP contribution in [0.15, 0.2) is 36.9 Å². The highest BCUT2D eigenvalue weighted by Crippen LogP contribution is 2.34. The van der Waals surface area contributed by atoms with Crippen molar-refractivity contribution in [2.75, 3.05) is 6.61 Å². The van der Waals surface area contributed by atoms with Crippen LogP contribution in [0, 0.1) is 0 Å². The summed E-state index contributed by atoms with van der Waals surface area (Å²) in [5, 5.41) is 0. The molecule has 26 heavy (non-hydrogen) atoms. The molecular weight excluding hydrogens is 360 g/mol. The van der Waals surface area contributed by atoms with Crippen LogP contribution < -0.4 is 0 Å². The van der Waals surface area contributed by atoms with Crippen LogP contribution in [-0.4, -0.2) is 12.6 Å². The van der Waals surface area contributed by atoms with Crippen LogP contribution in [0.25, 0.3) is 9.75 Å². The van der Waals surface area contributed by atoms with E-state index in [9.17, 15) is 4.79 Å². The normalized spacial score (nSPS) is 10.8. The summed E-state index contributed by atoms with van der Waals surface area (Å²) in [5.74, 6) is -0.214. The fourth-order valence-corrected chi connectivity index (χ4v) is 4.81. The van der Waals surface area contributed by atoms with Crippen LogP contribution >= 0.6 is 22.7 Å². The summed E-state index contributed by atoms with van der Waals surface area (Å²) in [6.07, 6.45) is 12.7. The van der Waals surface area contributed by atoms with E-state index in [0.717, 1.165) is 17.7 Å². The number of hydrogen-bond acceptors (Lipinski definition) is 4. The summed E-state index contributed by atoms with van der Waals surface area (Å²) in [6.45, 7) is 6.39. The minimum absolute atomic E-state index is 0.214. The van der Waals surface area contributed by atoms with Gasteiger partial charge in [0.05, 0.1) is 6.61 Å². The Morgan fingerprint density at radius 1 is 1.00 bits per heavy atom. The van der Waals surface area contributed by atoms with E-state index in [1.54, 1.807) is 0 Å². The number of thiophene rings is 2. The molecule has 2 rings (SSSR count). The Bertz CT molecular complexity index is 669. The SMILES string of the molecule is C=CCCCOC(=O)c1ccc(-c2ccc(CCCCCCCC)s2)s1. The lowest BCUT2D eigenvalue weighted by Crippen LogP contribution is -2.03. The van der Waals surface area contributed by atoms with E-state index < -0.39 is 0 Å². The molecule has 0 aliphatic rings. The summed E-state index contributed by atoms with van der Waals surface area (Å²) in [5.41, 5.74) is 0. The van der Waals surface area contributed by atoms with Crippen LogP contribution in [0.3, 0.4) is 0 Å². The first-order valence-corrected chi connectivity index (χ1v) is 11.3. The molecule has 0 bridgehead atoms. The van der Waals surface area contributed by atoms with Gasteiger partial charge in [-0.05, 0) is 49.9 Å². The van der Waals surface area contributed by atoms with Crippen molar-refractivity contribution in [1.29, 1.82) is 0 Å². The van der Waals surface area contributed by atoms with E-state index in [1.165, 1.54) is 66.0 Å². The molecule has 4 heteroatoms. The first-order valence-electron chi connectivity index (χ1n) is 9.71. The lowest BCUT2D eigenvalue weighted by atomic mass is 10.1. The van der Waals surface area contributed by atoms with Crippen molar-refractivity contribution in [3.8, 4) is 9.75 Å². The standard InChI is InChI=1S/C22H30O2S2/c1-3-5-7-8-9-10-12-18-13-14-19(25-18)20-15-16-21(26-20)22(23)24-17-11-6-4-2/h4,13-16H,2-3,5-12,17H2,1H3. The second-order valence-electron chi connectivity index (χ2n) is 6.51. The van der Waals surface area contributed by atoms with Crippen LogP contribution in [0.2, 0.25) is 0 Å². The topological polar surface area (TPSA) is 26.3 Å². The third kappa shape index (κ3) is 7.08. The quantitative estimate of drug-likeness (QED) is 0.201. The van der Waals surface area contributed by atoms with E-state index >= 15 is 0 Å². The second-order valence-corrected chi connectivity index (χ2v) is 8.77. The van der Waals surface area contributed by atoms with E-state index in [4.69, 9.17) is 4.74 Å². The van der Waals surface area contributed by atoms with Crippen LogP contribution in [0.4, 0.5) is 0 Å². The highest BCUT2D eigenvalue weighted by molar-refractivity contribution is 7.23. The van der Waals surface area contributed by atoms with Gasteiger partial charge in [0.25, 0.3) is 0 Å². The molecule has 0 spiro atoms. The van der Waals surface area contributed by atoms with Crippen LogP contribution in [-0.2, 0) is 11.2 Å². The molecular formula is C22H30O2S2. The first-order chi connectivity index (χ1) is 12.7. The molecule has 142 valence electrons. The van der Waals surface area contributed by atoms with E-state index in [0.29, 0.717) is 11.5 Å². The molecule has 2 aromatic rings. The lowest BCUT2D eigenvalue weighted by Gasteiger charge is -2.01. The molecule has 0 N–H and O–H groups in total. The molecule has 0 fully saturated rings. The fraction of sp³-hybridized carbons (Fsp3) is 0.500.